The number of anilines is 1. The first-order chi connectivity index (χ1) is 13.2. The van der Waals surface area contributed by atoms with Crippen molar-refractivity contribution in [1.82, 2.24) is 4.90 Å². The van der Waals surface area contributed by atoms with Crippen LogP contribution in [0.5, 0.6) is 11.5 Å². The van der Waals surface area contributed by atoms with Crippen molar-refractivity contribution in [3.63, 3.8) is 0 Å². The summed E-state index contributed by atoms with van der Waals surface area (Å²) in [5, 5.41) is 13.6. The molecular formula is C22H20N2O3. The maximum atomic E-state index is 13.2. The minimum Gasteiger partial charge on any atom is -0.504 e. The normalized spacial score (nSPS) is 15.8. The third-order valence-corrected chi connectivity index (χ3v) is 4.74. The third kappa shape index (κ3) is 3.19. The van der Waals surface area contributed by atoms with E-state index in [1.165, 1.54) is 7.11 Å². The molecule has 5 nitrogen and oxygen atoms in total. The van der Waals surface area contributed by atoms with Gasteiger partial charge in [0.05, 0.1) is 12.7 Å². The molecule has 0 saturated heterocycles. The number of benzene rings is 3. The quantitative estimate of drug-likeness (QED) is 0.733. The second kappa shape index (κ2) is 7.03. The van der Waals surface area contributed by atoms with E-state index in [9.17, 15) is 9.90 Å². The highest BCUT2D eigenvalue weighted by atomic mass is 16.5. The van der Waals surface area contributed by atoms with Gasteiger partial charge in [-0.1, -0.05) is 48.5 Å². The van der Waals surface area contributed by atoms with Crippen molar-refractivity contribution < 1.29 is 14.6 Å². The molecule has 0 saturated carbocycles. The van der Waals surface area contributed by atoms with Crippen LogP contribution in [0.1, 0.15) is 27.7 Å². The Morgan fingerprint density at radius 3 is 2.52 bits per heavy atom. The molecule has 2 N–H and O–H groups in total. The number of nitrogens with one attached hydrogen (secondary N) is 1. The number of fused-ring (bicyclic) bond motifs is 1. The number of nitrogens with zero attached hydrogens (tertiary/aromatic N) is 1. The third-order valence-electron chi connectivity index (χ3n) is 4.74. The number of phenols is 1. The summed E-state index contributed by atoms with van der Waals surface area (Å²) in [6.45, 7) is 0.457. The maximum Gasteiger partial charge on any atom is 0.258 e. The Morgan fingerprint density at radius 1 is 1.04 bits per heavy atom. The molecule has 3 aromatic rings. The van der Waals surface area contributed by atoms with Gasteiger partial charge in [0, 0.05) is 12.2 Å². The van der Waals surface area contributed by atoms with Crippen LogP contribution in [0.3, 0.4) is 0 Å². The van der Waals surface area contributed by atoms with Gasteiger partial charge in [-0.25, -0.2) is 0 Å². The van der Waals surface area contributed by atoms with Crippen molar-refractivity contribution in [1.29, 1.82) is 0 Å². The molecule has 0 spiro atoms. The number of para-hydroxylation sites is 1. The lowest BCUT2D eigenvalue weighted by molar-refractivity contribution is 0.0666. The van der Waals surface area contributed by atoms with Gasteiger partial charge < -0.3 is 20.1 Å². The van der Waals surface area contributed by atoms with Crippen molar-refractivity contribution in [3.05, 3.63) is 89.5 Å². The zero-order chi connectivity index (χ0) is 18.8. The number of rotatable bonds is 4. The zero-order valence-electron chi connectivity index (χ0n) is 14.9. The molecule has 0 bridgehead atoms. The fourth-order valence-corrected chi connectivity index (χ4v) is 3.38. The van der Waals surface area contributed by atoms with E-state index in [0.717, 1.165) is 16.8 Å². The molecule has 0 aromatic heterocycles. The van der Waals surface area contributed by atoms with Gasteiger partial charge in [0.15, 0.2) is 11.5 Å². The summed E-state index contributed by atoms with van der Waals surface area (Å²) in [6, 6.07) is 22.5. The fraction of sp³-hybridized carbons (Fsp3) is 0.136. The highest BCUT2D eigenvalue weighted by Gasteiger charge is 2.33. The molecule has 0 fully saturated rings. The van der Waals surface area contributed by atoms with E-state index < -0.39 is 6.17 Å². The van der Waals surface area contributed by atoms with E-state index >= 15 is 0 Å². The predicted octanol–water partition coefficient (Wildman–Crippen LogP) is 4.17. The summed E-state index contributed by atoms with van der Waals surface area (Å²) in [7, 11) is 1.51. The van der Waals surface area contributed by atoms with Gasteiger partial charge in [0.1, 0.15) is 6.17 Å². The van der Waals surface area contributed by atoms with Crippen LogP contribution in [0.2, 0.25) is 0 Å². The van der Waals surface area contributed by atoms with E-state index in [2.05, 4.69) is 5.32 Å². The molecule has 1 atom stereocenters. The number of aromatic hydroxyl groups is 1. The summed E-state index contributed by atoms with van der Waals surface area (Å²) in [5.41, 5.74) is 3.25. The van der Waals surface area contributed by atoms with Crippen LogP contribution in [0.4, 0.5) is 5.69 Å². The van der Waals surface area contributed by atoms with Gasteiger partial charge in [-0.15, -0.1) is 0 Å². The SMILES string of the molecule is COc1ccc(C2Nc3ccccc3C(=O)N2Cc2ccccc2)cc1O. The fourth-order valence-electron chi connectivity index (χ4n) is 3.38. The number of carbonyl (C=O) groups is 1. The Bertz CT molecular complexity index is 972. The van der Waals surface area contributed by atoms with Crippen LogP contribution in [-0.2, 0) is 6.54 Å². The van der Waals surface area contributed by atoms with E-state index in [1.54, 1.807) is 17.0 Å². The molecule has 1 unspecified atom stereocenters. The van der Waals surface area contributed by atoms with Crippen molar-refractivity contribution in [2.24, 2.45) is 0 Å². The molecule has 0 aliphatic carbocycles. The molecule has 1 aliphatic rings. The van der Waals surface area contributed by atoms with Crippen molar-refractivity contribution >= 4 is 11.6 Å². The van der Waals surface area contributed by atoms with Gasteiger partial charge >= 0.3 is 0 Å². The molecule has 1 amide bonds. The second-order valence-electron chi connectivity index (χ2n) is 6.44. The van der Waals surface area contributed by atoms with Crippen LogP contribution >= 0.6 is 0 Å². The van der Waals surface area contributed by atoms with Gasteiger partial charge in [0.2, 0.25) is 0 Å². The smallest absolute Gasteiger partial charge is 0.258 e. The largest absolute Gasteiger partial charge is 0.504 e. The van der Waals surface area contributed by atoms with E-state index in [-0.39, 0.29) is 11.7 Å². The van der Waals surface area contributed by atoms with E-state index in [1.807, 2.05) is 60.7 Å². The highest BCUT2D eigenvalue weighted by molar-refractivity contribution is 6.01. The number of hydrogen-bond acceptors (Lipinski definition) is 4. The average Bonchev–Trinajstić information content (AvgIpc) is 2.71. The molecule has 1 aliphatic heterocycles. The Hall–Kier alpha value is -3.47. The Balaban J connectivity index is 1.76. The maximum absolute atomic E-state index is 13.2. The zero-order valence-corrected chi connectivity index (χ0v) is 14.9. The minimum absolute atomic E-state index is 0.0442. The van der Waals surface area contributed by atoms with Crippen molar-refractivity contribution in [3.8, 4) is 11.5 Å². The van der Waals surface area contributed by atoms with Gasteiger partial charge in [-0.2, -0.15) is 0 Å². The van der Waals surface area contributed by atoms with Crippen LogP contribution in [0.15, 0.2) is 72.8 Å². The van der Waals surface area contributed by atoms with Crippen LogP contribution in [0.25, 0.3) is 0 Å². The number of ether oxygens (including phenoxy) is 1. The van der Waals surface area contributed by atoms with Gasteiger partial charge in [0.25, 0.3) is 5.91 Å². The minimum atomic E-state index is -0.399. The van der Waals surface area contributed by atoms with E-state index in [4.69, 9.17) is 4.74 Å². The number of carbonyl (C=O) groups excluding carboxylic acids is 1. The lowest BCUT2D eigenvalue weighted by Gasteiger charge is -2.38. The number of hydrogen-bond donors (Lipinski definition) is 2. The monoisotopic (exact) mass is 360 g/mol. The first kappa shape index (κ1) is 17.0. The number of phenolic OH excluding ortho intramolecular Hbond substituents is 1. The lowest BCUT2D eigenvalue weighted by atomic mass is 10.0. The highest BCUT2D eigenvalue weighted by Crippen LogP contribution is 2.37. The van der Waals surface area contributed by atoms with E-state index in [0.29, 0.717) is 17.9 Å². The molecule has 0 radical (unpaired) electrons. The Labute approximate surface area is 157 Å². The van der Waals surface area contributed by atoms with Crippen molar-refractivity contribution in [2.75, 3.05) is 12.4 Å². The Morgan fingerprint density at radius 2 is 1.78 bits per heavy atom. The average molecular weight is 360 g/mol. The topological polar surface area (TPSA) is 61.8 Å². The second-order valence-corrected chi connectivity index (χ2v) is 6.44. The first-order valence-electron chi connectivity index (χ1n) is 8.75. The number of methoxy groups -OCH3 is 1. The molecule has 5 heteroatoms. The molecule has 136 valence electrons. The molecule has 1 heterocycles. The summed E-state index contributed by atoms with van der Waals surface area (Å²) in [4.78, 5) is 15.0. The van der Waals surface area contributed by atoms with Crippen molar-refractivity contribution in [2.45, 2.75) is 12.7 Å². The van der Waals surface area contributed by atoms with Crippen LogP contribution < -0.4 is 10.1 Å². The first-order valence-corrected chi connectivity index (χ1v) is 8.75. The Kier molecular flexibility index (Phi) is 4.42. The predicted molar refractivity (Wildman–Crippen MR) is 104 cm³/mol. The molecular weight excluding hydrogens is 340 g/mol. The van der Waals surface area contributed by atoms with Gasteiger partial charge in [-0.05, 0) is 35.4 Å². The molecule has 4 rings (SSSR count). The van der Waals surface area contributed by atoms with Gasteiger partial charge in [-0.3, -0.25) is 4.79 Å². The summed E-state index contributed by atoms with van der Waals surface area (Å²) in [5.74, 6) is 0.396. The summed E-state index contributed by atoms with van der Waals surface area (Å²) < 4.78 is 5.14. The number of amides is 1. The summed E-state index contributed by atoms with van der Waals surface area (Å²) in [6.07, 6.45) is -0.399. The summed E-state index contributed by atoms with van der Waals surface area (Å²) >= 11 is 0. The standard InChI is InChI=1S/C22H20N2O3/c1-27-20-12-11-16(13-19(20)25)21-23-18-10-6-5-9-17(18)22(26)24(21)14-15-7-3-2-4-8-15/h2-13,21,23,25H,14H2,1H3. The molecule has 3 aromatic carbocycles. The van der Waals surface area contributed by atoms with Crippen LogP contribution in [-0.4, -0.2) is 23.0 Å². The lowest BCUT2D eigenvalue weighted by Crippen LogP contribution is -2.42. The molecule has 27 heavy (non-hydrogen) atoms. The van der Waals surface area contributed by atoms with Crippen LogP contribution in [0, 0.1) is 0 Å².